The Bertz CT molecular complexity index is 468. The first-order valence-corrected chi connectivity index (χ1v) is 5.74. The summed E-state index contributed by atoms with van der Waals surface area (Å²) < 4.78 is 2.66. The van der Waals surface area contributed by atoms with Crippen molar-refractivity contribution in [2.75, 3.05) is 11.9 Å². The summed E-state index contributed by atoms with van der Waals surface area (Å²) in [7, 11) is 1.86. The standard InChI is InChI=1S/C10H12BrN5/c1-16-7-14-9(15-16)4-6-13-10-8(11)3-2-5-12-10/h2-3,5,7H,4,6H2,1H3,(H,12,13). The van der Waals surface area contributed by atoms with E-state index in [1.54, 1.807) is 17.2 Å². The quantitative estimate of drug-likeness (QED) is 0.926. The van der Waals surface area contributed by atoms with Crippen molar-refractivity contribution in [1.29, 1.82) is 0 Å². The number of rotatable bonds is 4. The SMILES string of the molecule is Cn1cnc(CCNc2ncccc2Br)n1. The second kappa shape index (κ2) is 5.07. The lowest BCUT2D eigenvalue weighted by Crippen LogP contribution is -2.08. The van der Waals surface area contributed by atoms with Crippen molar-refractivity contribution in [2.24, 2.45) is 7.05 Å². The maximum absolute atomic E-state index is 4.21. The molecule has 2 aromatic heterocycles. The molecule has 2 aromatic rings. The number of aromatic nitrogens is 4. The molecule has 2 rings (SSSR count). The van der Waals surface area contributed by atoms with Crippen LogP contribution in [0.2, 0.25) is 0 Å². The number of hydrogen-bond donors (Lipinski definition) is 1. The number of nitrogens with one attached hydrogen (secondary N) is 1. The lowest BCUT2D eigenvalue weighted by atomic mass is 10.4. The molecule has 0 saturated heterocycles. The molecule has 0 atom stereocenters. The molecule has 6 heteroatoms. The van der Waals surface area contributed by atoms with Crippen LogP contribution < -0.4 is 5.32 Å². The van der Waals surface area contributed by atoms with Gasteiger partial charge in [0.25, 0.3) is 0 Å². The van der Waals surface area contributed by atoms with Gasteiger partial charge in [-0.3, -0.25) is 4.68 Å². The molecule has 0 aliphatic heterocycles. The van der Waals surface area contributed by atoms with E-state index in [0.717, 1.165) is 29.1 Å². The highest BCUT2D eigenvalue weighted by Crippen LogP contribution is 2.17. The molecule has 0 unspecified atom stereocenters. The molecule has 2 heterocycles. The molecule has 84 valence electrons. The van der Waals surface area contributed by atoms with Gasteiger partial charge in [-0.15, -0.1) is 0 Å². The predicted molar refractivity (Wildman–Crippen MR) is 65.1 cm³/mol. The Hall–Kier alpha value is -1.43. The molecule has 0 radical (unpaired) electrons. The van der Waals surface area contributed by atoms with Gasteiger partial charge < -0.3 is 5.32 Å². The molecule has 0 saturated carbocycles. The van der Waals surface area contributed by atoms with Crippen molar-refractivity contribution < 1.29 is 0 Å². The Morgan fingerprint density at radius 2 is 2.31 bits per heavy atom. The second-order valence-corrected chi connectivity index (χ2v) is 4.20. The summed E-state index contributed by atoms with van der Waals surface area (Å²) in [4.78, 5) is 8.36. The number of aryl methyl sites for hydroxylation is 1. The van der Waals surface area contributed by atoms with E-state index in [0.29, 0.717) is 0 Å². The minimum Gasteiger partial charge on any atom is -0.369 e. The van der Waals surface area contributed by atoms with Gasteiger partial charge in [-0.2, -0.15) is 5.10 Å². The fourth-order valence-corrected chi connectivity index (χ4v) is 1.70. The third kappa shape index (κ3) is 2.79. The van der Waals surface area contributed by atoms with Gasteiger partial charge in [0.15, 0.2) is 5.82 Å². The lowest BCUT2D eigenvalue weighted by Gasteiger charge is -2.05. The fraction of sp³-hybridized carbons (Fsp3) is 0.300. The summed E-state index contributed by atoms with van der Waals surface area (Å²) in [5, 5.41) is 7.42. The van der Waals surface area contributed by atoms with E-state index in [4.69, 9.17) is 0 Å². The summed E-state index contributed by atoms with van der Waals surface area (Å²) in [5.41, 5.74) is 0. The van der Waals surface area contributed by atoms with Crippen LogP contribution in [-0.4, -0.2) is 26.3 Å². The normalized spacial score (nSPS) is 10.4. The molecule has 0 fully saturated rings. The van der Waals surface area contributed by atoms with E-state index in [1.165, 1.54) is 0 Å². The van der Waals surface area contributed by atoms with Crippen LogP contribution in [0.25, 0.3) is 0 Å². The lowest BCUT2D eigenvalue weighted by molar-refractivity contribution is 0.741. The number of halogens is 1. The van der Waals surface area contributed by atoms with Crippen molar-refractivity contribution in [3.8, 4) is 0 Å². The van der Waals surface area contributed by atoms with Crippen LogP contribution in [0.3, 0.4) is 0 Å². The Morgan fingerprint density at radius 1 is 1.44 bits per heavy atom. The van der Waals surface area contributed by atoms with Crippen molar-refractivity contribution in [3.63, 3.8) is 0 Å². The summed E-state index contributed by atoms with van der Waals surface area (Å²) in [6, 6.07) is 3.84. The van der Waals surface area contributed by atoms with E-state index in [-0.39, 0.29) is 0 Å². The van der Waals surface area contributed by atoms with Crippen molar-refractivity contribution in [3.05, 3.63) is 35.0 Å². The monoisotopic (exact) mass is 281 g/mol. The van der Waals surface area contributed by atoms with Crippen LogP contribution in [0.15, 0.2) is 29.1 Å². The molecular weight excluding hydrogens is 270 g/mol. The fourth-order valence-electron chi connectivity index (χ4n) is 1.31. The van der Waals surface area contributed by atoms with Crippen molar-refractivity contribution in [2.45, 2.75) is 6.42 Å². The van der Waals surface area contributed by atoms with Crippen LogP contribution in [0.1, 0.15) is 5.82 Å². The zero-order valence-corrected chi connectivity index (χ0v) is 10.5. The van der Waals surface area contributed by atoms with E-state index in [9.17, 15) is 0 Å². The van der Waals surface area contributed by atoms with Crippen LogP contribution in [-0.2, 0) is 13.5 Å². The number of pyridine rings is 1. The summed E-state index contributed by atoms with van der Waals surface area (Å²) >= 11 is 3.43. The minimum absolute atomic E-state index is 0.764. The molecule has 16 heavy (non-hydrogen) atoms. The van der Waals surface area contributed by atoms with Crippen LogP contribution in [0.5, 0.6) is 0 Å². The Kier molecular flexibility index (Phi) is 3.51. The summed E-state index contributed by atoms with van der Waals surface area (Å²) in [6.07, 6.45) is 4.24. The maximum Gasteiger partial charge on any atom is 0.152 e. The Labute approximate surface area is 102 Å². The first-order valence-electron chi connectivity index (χ1n) is 4.94. The van der Waals surface area contributed by atoms with Gasteiger partial charge in [-0.05, 0) is 28.1 Å². The molecule has 0 bridgehead atoms. The van der Waals surface area contributed by atoms with E-state index in [1.807, 2.05) is 19.2 Å². The topological polar surface area (TPSA) is 55.6 Å². The van der Waals surface area contributed by atoms with Gasteiger partial charge in [0.2, 0.25) is 0 Å². The first kappa shape index (κ1) is 11.1. The van der Waals surface area contributed by atoms with Crippen molar-refractivity contribution in [1.82, 2.24) is 19.7 Å². The molecule has 0 aromatic carbocycles. The highest BCUT2D eigenvalue weighted by atomic mass is 79.9. The zero-order chi connectivity index (χ0) is 11.4. The minimum atomic E-state index is 0.764. The van der Waals surface area contributed by atoms with E-state index in [2.05, 4.69) is 36.3 Å². The van der Waals surface area contributed by atoms with Gasteiger partial charge in [-0.1, -0.05) is 0 Å². The van der Waals surface area contributed by atoms with Gasteiger partial charge in [0.05, 0.1) is 4.47 Å². The molecule has 0 amide bonds. The Balaban J connectivity index is 1.87. The van der Waals surface area contributed by atoms with Crippen LogP contribution in [0.4, 0.5) is 5.82 Å². The highest BCUT2D eigenvalue weighted by molar-refractivity contribution is 9.10. The summed E-state index contributed by atoms with van der Waals surface area (Å²) in [5.74, 6) is 1.68. The second-order valence-electron chi connectivity index (χ2n) is 3.35. The largest absolute Gasteiger partial charge is 0.369 e. The first-order chi connectivity index (χ1) is 7.75. The van der Waals surface area contributed by atoms with Crippen LogP contribution >= 0.6 is 15.9 Å². The average Bonchev–Trinajstić information content (AvgIpc) is 2.67. The van der Waals surface area contributed by atoms with Crippen molar-refractivity contribution >= 4 is 21.7 Å². The number of nitrogens with zero attached hydrogens (tertiary/aromatic N) is 4. The molecule has 0 spiro atoms. The van der Waals surface area contributed by atoms with Gasteiger partial charge in [-0.25, -0.2) is 9.97 Å². The number of anilines is 1. The zero-order valence-electron chi connectivity index (χ0n) is 8.89. The Morgan fingerprint density at radius 3 is 3.00 bits per heavy atom. The van der Waals surface area contributed by atoms with Gasteiger partial charge in [0, 0.05) is 26.2 Å². The van der Waals surface area contributed by atoms with Crippen LogP contribution in [0, 0.1) is 0 Å². The highest BCUT2D eigenvalue weighted by Gasteiger charge is 2.01. The summed E-state index contributed by atoms with van der Waals surface area (Å²) in [6.45, 7) is 0.764. The maximum atomic E-state index is 4.21. The average molecular weight is 282 g/mol. The smallest absolute Gasteiger partial charge is 0.152 e. The molecule has 5 nitrogen and oxygen atoms in total. The number of hydrogen-bond acceptors (Lipinski definition) is 4. The van der Waals surface area contributed by atoms with E-state index < -0.39 is 0 Å². The molecule has 0 aliphatic carbocycles. The van der Waals surface area contributed by atoms with E-state index >= 15 is 0 Å². The van der Waals surface area contributed by atoms with Gasteiger partial charge >= 0.3 is 0 Å². The predicted octanol–water partition coefficient (Wildman–Crippen LogP) is 1.63. The van der Waals surface area contributed by atoms with Gasteiger partial charge in [0.1, 0.15) is 12.1 Å². The molecular formula is C10H12BrN5. The molecule has 0 aliphatic rings. The third-order valence-electron chi connectivity index (χ3n) is 2.05. The third-order valence-corrected chi connectivity index (χ3v) is 2.69. The molecule has 1 N–H and O–H groups in total.